The highest BCUT2D eigenvalue weighted by Gasteiger charge is 2.21. The lowest BCUT2D eigenvalue weighted by atomic mass is 10.2. The molecule has 2 heterocycles. The second-order valence-electron chi connectivity index (χ2n) is 6.26. The lowest BCUT2D eigenvalue weighted by Gasteiger charge is -2.28. The van der Waals surface area contributed by atoms with Crippen LogP contribution in [0.3, 0.4) is 0 Å². The molecule has 1 saturated heterocycles. The van der Waals surface area contributed by atoms with Gasteiger partial charge in [0, 0.05) is 13.1 Å². The van der Waals surface area contributed by atoms with Gasteiger partial charge in [0.1, 0.15) is 5.75 Å². The number of aromatic nitrogens is 2. The first-order valence-electron chi connectivity index (χ1n) is 8.83. The lowest BCUT2D eigenvalue weighted by Crippen LogP contribution is -2.36. The van der Waals surface area contributed by atoms with E-state index in [0.717, 1.165) is 18.8 Å². The summed E-state index contributed by atoms with van der Waals surface area (Å²) >= 11 is 0. The van der Waals surface area contributed by atoms with Gasteiger partial charge >= 0.3 is 0 Å². The van der Waals surface area contributed by atoms with E-state index >= 15 is 0 Å². The highest BCUT2D eigenvalue weighted by Crippen LogP contribution is 2.30. The lowest BCUT2D eigenvalue weighted by molar-refractivity contribution is -0.122. The standard InChI is InChI=1S/C19H20N4O4/c1-13(26-14-5-3-2-4-6-14)19(24)20-15-7-8-16(18-17(15)21-27-22-18)23-9-11-25-12-10-23/h2-8,13H,9-12H2,1H3,(H,20,24). The van der Waals surface area contributed by atoms with Gasteiger partial charge in [-0.2, -0.15) is 0 Å². The van der Waals surface area contributed by atoms with Crippen molar-refractivity contribution in [1.82, 2.24) is 10.3 Å². The van der Waals surface area contributed by atoms with Gasteiger partial charge in [0.05, 0.1) is 24.6 Å². The van der Waals surface area contributed by atoms with Gasteiger partial charge in [0.15, 0.2) is 17.1 Å². The molecule has 1 aromatic heterocycles. The number of benzene rings is 2. The summed E-state index contributed by atoms with van der Waals surface area (Å²) in [6.07, 6.45) is -0.666. The number of carbonyl (C=O) groups excluding carboxylic acids is 1. The first-order chi connectivity index (χ1) is 13.2. The van der Waals surface area contributed by atoms with Gasteiger partial charge in [-0.15, -0.1) is 0 Å². The van der Waals surface area contributed by atoms with E-state index in [-0.39, 0.29) is 5.91 Å². The Morgan fingerprint density at radius 2 is 1.85 bits per heavy atom. The van der Waals surface area contributed by atoms with Crippen LogP contribution in [-0.4, -0.2) is 48.6 Å². The third-order valence-corrected chi connectivity index (χ3v) is 4.43. The fourth-order valence-electron chi connectivity index (χ4n) is 3.00. The number of para-hydroxylation sites is 1. The Kier molecular flexibility index (Phi) is 4.88. The third kappa shape index (κ3) is 3.70. The van der Waals surface area contributed by atoms with Crippen molar-refractivity contribution in [3.63, 3.8) is 0 Å². The number of morpholine rings is 1. The summed E-state index contributed by atoms with van der Waals surface area (Å²) in [5.41, 5.74) is 2.59. The fourth-order valence-corrected chi connectivity index (χ4v) is 3.00. The summed E-state index contributed by atoms with van der Waals surface area (Å²) in [5.74, 6) is 0.360. The molecule has 3 aromatic rings. The van der Waals surface area contributed by atoms with E-state index in [1.807, 2.05) is 30.3 Å². The minimum Gasteiger partial charge on any atom is -0.481 e. The van der Waals surface area contributed by atoms with E-state index in [2.05, 4.69) is 20.5 Å². The van der Waals surface area contributed by atoms with Crippen LogP contribution in [0, 0.1) is 0 Å². The molecular formula is C19H20N4O4. The van der Waals surface area contributed by atoms with Gasteiger partial charge in [0.25, 0.3) is 5.91 Å². The van der Waals surface area contributed by atoms with E-state index in [4.69, 9.17) is 14.1 Å². The van der Waals surface area contributed by atoms with Crippen LogP contribution in [0.1, 0.15) is 6.92 Å². The average molecular weight is 368 g/mol. The number of ether oxygens (including phenoxy) is 2. The third-order valence-electron chi connectivity index (χ3n) is 4.43. The molecule has 8 heteroatoms. The molecule has 1 fully saturated rings. The topological polar surface area (TPSA) is 89.7 Å². The molecule has 0 spiro atoms. The van der Waals surface area contributed by atoms with Crippen molar-refractivity contribution >= 4 is 28.3 Å². The van der Waals surface area contributed by atoms with E-state index in [1.165, 1.54) is 0 Å². The van der Waals surface area contributed by atoms with Crippen LogP contribution in [0.4, 0.5) is 11.4 Å². The highest BCUT2D eigenvalue weighted by molar-refractivity contribution is 6.04. The Hall–Kier alpha value is -3.13. The van der Waals surface area contributed by atoms with Crippen LogP contribution in [-0.2, 0) is 9.53 Å². The van der Waals surface area contributed by atoms with Crippen molar-refractivity contribution in [2.75, 3.05) is 36.5 Å². The number of carbonyl (C=O) groups is 1. The predicted octanol–water partition coefficient (Wildman–Crippen LogP) is 2.47. The van der Waals surface area contributed by atoms with E-state index in [1.54, 1.807) is 19.1 Å². The number of rotatable bonds is 5. The normalized spacial score (nSPS) is 15.5. The summed E-state index contributed by atoms with van der Waals surface area (Å²) in [5, 5.41) is 10.8. The second kappa shape index (κ2) is 7.63. The Labute approximate surface area is 156 Å². The summed E-state index contributed by atoms with van der Waals surface area (Å²) < 4.78 is 16.0. The molecule has 0 radical (unpaired) electrons. The fraction of sp³-hybridized carbons (Fsp3) is 0.316. The smallest absolute Gasteiger partial charge is 0.265 e. The molecule has 2 aromatic carbocycles. The zero-order chi connectivity index (χ0) is 18.6. The molecular weight excluding hydrogens is 348 g/mol. The Morgan fingerprint density at radius 3 is 2.63 bits per heavy atom. The van der Waals surface area contributed by atoms with Crippen molar-refractivity contribution < 1.29 is 18.9 Å². The summed E-state index contributed by atoms with van der Waals surface area (Å²) in [7, 11) is 0. The monoisotopic (exact) mass is 368 g/mol. The van der Waals surface area contributed by atoms with Gasteiger partial charge < -0.3 is 19.7 Å². The summed E-state index contributed by atoms with van der Waals surface area (Å²) in [4.78, 5) is 14.7. The average Bonchev–Trinajstić information content (AvgIpc) is 3.20. The number of anilines is 2. The van der Waals surface area contributed by atoms with Crippen LogP contribution in [0.15, 0.2) is 47.1 Å². The van der Waals surface area contributed by atoms with Crippen LogP contribution in [0.25, 0.3) is 11.0 Å². The largest absolute Gasteiger partial charge is 0.481 e. The number of nitrogens with zero attached hydrogens (tertiary/aromatic N) is 3. The minimum absolute atomic E-state index is 0.276. The molecule has 0 saturated carbocycles. The molecule has 140 valence electrons. The molecule has 8 nitrogen and oxygen atoms in total. The Morgan fingerprint density at radius 1 is 1.11 bits per heavy atom. The summed E-state index contributed by atoms with van der Waals surface area (Å²) in [6.45, 7) is 4.58. The molecule has 1 unspecified atom stereocenters. The van der Waals surface area contributed by atoms with Gasteiger partial charge in [-0.05, 0) is 41.5 Å². The first kappa shape index (κ1) is 17.3. The van der Waals surface area contributed by atoms with Gasteiger partial charge in [0.2, 0.25) is 0 Å². The Bertz CT molecular complexity index is 922. The number of nitrogens with one attached hydrogen (secondary N) is 1. The summed E-state index contributed by atoms with van der Waals surface area (Å²) in [6, 6.07) is 12.9. The van der Waals surface area contributed by atoms with E-state index < -0.39 is 6.10 Å². The molecule has 1 aliphatic heterocycles. The molecule has 0 bridgehead atoms. The molecule has 4 rings (SSSR count). The maximum absolute atomic E-state index is 12.5. The first-order valence-corrected chi connectivity index (χ1v) is 8.83. The van der Waals surface area contributed by atoms with E-state index in [9.17, 15) is 4.79 Å². The molecule has 1 aliphatic rings. The van der Waals surface area contributed by atoms with Crippen molar-refractivity contribution in [3.05, 3.63) is 42.5 Å². The van der Waals surface area contributed by atoms with Crippen molar-refractivity contribution in [1.29, 1.82) is 0 Å². The quantitative estimate of drug-likeness (QED) is 0.740. The minimum atomic E-state index is -0.666. The maximum atomic E-state index is 12.5. The van der Waals surface area contributed by atoms with Gasteiger partial charge in [-0.1, -0.05) is 18.2 Å². The van der Waals surface area contributed by atoms with Crippen LogP contribution < -0.4 is 15.0 Å². The SMILES string of the molecule is CC(Oc1ccccc1)C(=O)Nc1ccc(N2CCOCC2)c2nonc12. The molecule has 1 atom stereocenters. The van der Waals surface area contributed by atoms with Crippen LogP contribution >= 0.6 is 0 Å². The zero-order valence-electron chi connectivity index (χ0n) is 14.9. The highest BCUT2D eigenvalue weighted by atomic mass is 16.6. The predicted molar refractivity (Wildman–Crippen MR) is 100.0 cm³/mol. The molecule has 1 amide bonds. The van der Waals surface area contributed by atoms with Crippen molar-refractivity contribution in [2.45, 2.75) is 13.0 Å². The van der Waals surface area contributed by atoms with Gasteiger partial charge in [-0.25, -0.2) is 4.63 Å². The van der Waals surface area contributed by atoms with Crippen LogP contribution in [0.2, 0.25) is 0 Å². The second-order valence-corrected chi connectivity index (χ2v) is 6.26. The van der Waals surface area contributed by atoms with Crippen molar-refractivity contribution in [2.24, 2.45) is 0 Å². The maximum Gasteiger partial charge on any atom is 0.265 e. The zero-order valence-corrected chi connectivity index (χ0v) is 14.9. The Balaban J connectivity index is 1.52. The molecule has 1 N–H and O–H groups in total. The van der Waals surface area contributed by atoms with E-state index in [0.29, 0.717) is 35.7 Å². The van der Waals surface area contributed by atoms with Crippen LogP contribution in [0.5, 0.6) is 5.75 Å². The number of fused-ring (bicyclic) bond motifs is 1. The van der Waals surface area contributed by atoms with Gasteiger partial charge in [-0.3, -0.25) is 4.79 Å². The number of hydrogen-bond acceptors (Lipinski definition) is 7. The number of amides is 1. The molecule has 0 aliphatic carbocycles. The van der Waals surface area contributed by atoms with Crippen molar-refractivity contribution in [3.8, 4) is 5.75 Å². The molecule has 27 heavy (non-hydrogen) atoms. The number of hydrogen-bond donors (Lipinski definition) is 1.